The molecule has 214 valence electrons. The highest BCUT2D eigenvalue weighted by Crippen LogP contribution is 2.38. The number of likely N-dealkylation sites (N-methyl/N-ethyl adjacent to an activating group) is 1. The van der Waals surface area contributed by atoms with Gasteiger partial charge in [0.25, 0.3) is 0 Å². The molecule has 0 aromatic carbocycles. The minimum absolute atomic E-state index is 0.565. The van der Waals surface area contributed by atoms with Crippen LogP contribution in [0.1, 0.15) is 48.0 Å². The van der Waals surface area contributed by atoms with E-state index >= 15 is 0 Å². The van der Waals surface area contributed by atoms with Gasteiger partial charge in [-0.15, -0.1) is 0 Å². The van der Waals surface area contributed by atoms with Gasteiger partial charge in [0.15, 0.2) is 12.2 Å². The van der Waals surface area contributed by atoms with Gasteiger partial charge in [0, 0.05) is 48.6 Å². The molecule has 0 aliphatic carbocycles. The predicted molar refractivity (Wildman–Crippen MR) is 122 cm³/mol. The van der Waals surface area contributed by atoms with Gasteiger partial charge in [-0.2, -0.15) is 0 Å². The summed E-state index contributed by atoms with van der Waals surface area (Å²) < 4.78 is 37.0. The van der Waals surface area contributed by atoms with Crippen LogP contribution in [0.2, 0.25) is 0 Å². The lowest BCUT2D eigenvalue weighted by atomic mass is 9.87. The van der Waals surface area contributed by atoms with Gasteiger partial charge in [0.1, 0.15) is 18.8 Å². The summed E-state index contributed by atoms with van der Waals surface area (Å²) in [5.41, 5.74) is 0. The van der Waals surface area contributed by atoms with Gasteiger partial charge in [-0.1, -0.05) is 0 Å². The van der Waals surface area contributed by atoms with Crippen molar-refractivity contribution in [3.8, 4) is 0 Å². The van der Waals surface area contributed by atoms with Gasteiger partial charge in [0.05, 0.1) is 19.6 Å². The summed E-state index contributed by atoms with van der Waals surface area (Å²) in [6, 6.07) is -1.30. The molecule has 0 bridgehead atoms. The average Bonchev–Trinajstić information content (AvgIpc) is 2.77. The number of esters is 6. The van der Waals surface area contributed by atoms with Crippen LogP contribution in [0.15, 0.2) is 0 Å². The van der Waals surface area contributed by atoms with E-state index in [0.29, 0.717) is 0 Å². The Labute approximate surface area is 218 Å². The molecule has 1 heterocycles. The molecule has 6 atom stereocenters. The largest absolute Gasteiger partial charge is 0.464 e. The monoisotopic (exact) mass is 547 g/mol. The zero-order valence-electron chi connectivity index (χ0n) is 22.5. The summed E-state index contributed by atoms with van der Waals surface area (Å²) in [7, 11) is 2.29. The van der Waals surface area contributed by atoms with Crippen molar-refractivity contribution >= 4 is 41.7 Å². The highest BCUT2D eigenvalue weighted by atomic mass is 16.8. The minimum atomic E-state index is -2.54. The second kappa shape index (κ2) is 13.7. The van der Waals surface area contributed by atoms with Crippen molar-refractivity contribution in [1.29, 1.82) is 0 Å². The molecule has 0 aromatic heterocycles. The second-order valence-corrected chi connectivity index (χ2v) is 8.42. The first-order chi connectivity index (χ1) is 17.5. The van der Waals surface area contributed by atoms with E-state index in [0.717, 1.165) is 46.6 Å². The lowest BCUT2D eigenvalue weighted by Crippen LogP contribution is -2.69. The Balaban J connectivity index is 3.92. The first kappa shape index (κ1) is 32.3. The van der Waals surface area contributed by atoms with Crippen LogP contribution < -0.4 is 0 Å². The topological polar surface area (TPSA) is 187 Å². The molecule has 0 saturated carbocycles. The van der Waals surface area contributed by atoms with Gasteiger partial charge in [-0.25, -0.2) is 4.79 Å². The molecule has 0 radical (unpaired) electrons. The van der Waals surface area contributed by atoms with Crippen LogP contribution in [0.25, 0.3) is 0 Å². The molecule has 0 spiro atoms. The molecule has 38 heavy (non-hydrogen) atoms. The molecule has 1 unspecified atom stereocenters. The number of methoxy groups -OCH3 is 1. The van der Waals surface area contributed by atoms with E-state index in [9.17, 15) is 33.6 Å². The first-order valence-corrected chi connectivity index (χ1v) is 11.4. The number of hydrogen-bond donors (Lipinski definition) is 0. The molecule has 1 saturated heterocycles. The Bertz CT molecular complexity index is 948. The predicted octanol–water partition coefficient (Wildman–Crippen LogP) is -0.587. The molecule has 15 nitrogen and oxygen atoms in total. The van der Waals surface area contributed by atoms with Gasteiger partial charge in [-0.05, 0) is 0 Å². The average molecular weight is 548 g/mol. The van der Waals surface area contributed by atoms with Gasteiger partial charge < -0.3 is 38.1 Å². The van der Waals surface area contributed by atoms with Crippen molar-refractivity contribution in [2.45, 2.75) is 84.2 Å². The number of carbonyl (C=O) groups excluding carboxylic acids is 7. The maximum Gasteiger partial charge on any atom is 0.379 e. The molecule has 15 heteroatoms. The number of rotatable bonds is 10. The highest BCUT2D eigenvalue weighted by molar-refractivity contribution is 5.82. The van der Waals surface area contributed by atoms with Gasteiger partial charge in [0.2, 0.25) is 5.91 Å². The van der Waals surface area contributed by atoms with E-state index in [2.05, 4.69) is 0 Å². The Kier molecular flexibility index (Phi) is 11.6. The van der Waals surface area contributed by atoms with E-state index in [1.807, 2.05) is 0 Å². The molecule has 0 aromatic rings. The smallest absolute Gasteiger partial charge is 0.379 e. The third kappa shape index (κ3) is 8.68. The number of hydrogen-bond acceptors (Lipinski definition) is 14. The second-order valence-electron chi connectivity index (χ2n) is 8.42. The van der Waals surface area contributed by atoms with Crippen molar-refractivity contribution in [3.05, 3.63) is 0 Å². The highest BCUT2D eigenvalue weighted by Gasteiger charge is 2.61. The quantitative estimate of drug-likeness (QED) is 0.249. The van der Waals surface area contributed by atoms with Crippen molar-refractivity contribution in [3.63, 3.8) is 0 Å². The molecule has 1 amide bonds. The fourth-order valence-corrected chi connectivity index (χ4v) is 3.98. The molecule has 0 N–H and O–H groups in total. The van der Waals surface area contributed by atoms with Crippen LogP contribution in [0.4, 0.5) is 0 Å². The fourth-order valence-electron chi connectivity index (χ4n) is 3.98. The standard InChI is InChI=1S/C23H33NO14/c1-11(25)24(7)19-17(34-13(3)27)9-23(22(31)32-8,37-16(6)30)38-21(19)20(36-15(5)29)18(35-14(4)28)10-33-12(2)26/h17-21H,9-10H2,1-8H3/t17-,18-,19-,20-,21-,23?/m1/s1. The molecular formula is C23H33NO14. The Morgan fingerprint density at radius 3 is 1.87 bits per heavy atom. The Morgan fingerprint density at radius 2 is 1.45 bits per heavy atom. The van der Waals surface area contributed by atoms with Crippen LogP contribution in [0.3, 0.4) is 0 Å². The molecule has 1 rings (SSSR count). The fraction of sp³-hybridized carbons (Fsp3) is 0.696. The van der Waals surface area contributed by atoms with E-state index in [-0.39, 0.29) is 0 Å². The lowest BCUT2D eigenvalue weighted by molar-refractivity contribution is -0.310. The van der Waals surface area contributed by atoms with Crippen molar-refractivity contribution in [2.24, 2.45) is 0 Å². The van der Waals surface area contributed by atoms with E-state index in [4.69, 9.17) is 33.2 Å². The summed E-state index contributed by atoms with van der Waals surface area (Å²) in [5.74, 6) is -8.72. The third-order valence-electron chi connectivity index (χ3n) is 5.34. The van der Waals surface area contributed by atoms with E-state index < -0.39 is 91.0 Å². The Hall–Kier alpha value is -3.75. The minimum Gasteiger partial charge on any atom is -0.464 e. The maximum absolute atomic E-state index is 12.9. The van der Waals surface area contributed by atoms with Crippen molar-refractivity contribution in [2.75, 3.05) is 20.8 Å². The number of nitrogens with zero attached hydrogens (tertiary/aromatic N) is 1. The third-order valence-corrected chi connectivity index (χ3v) is 5.34. The number of ether oxygens (including phenoxy) is 7. The van der Waals surface area contributed by atoms with Crippen molar-refractivity contribution < 1.29 is 66.7 Å². The molecule has 1 fully saturated rings. The number of amides is 1. The Morgan fingerprint density at radius 1 is 0.868 bits per heavy atom. The maximum atomic E-state index is 12.9. The van der Waals surface area contributed by atoms with Crippen molar-refractivity contribution in [1.82, 2.24) is 4.90 Å². The van der Waals surface area contributed by atoms with Crippen LogP contribution in [-0.4, -0.2) is 104 Å². The summed E-state index contributed by atoms with van der Waals surface area (Å²) in [4.78, 5) is 86.1. The summed E-state index contributed by atoms with van der Waals surface area (Å²) in [6.45, 7) is 5.70. The summed E-state index contributed by atoms with van der Waals surface area (Å²) in [5, 5.41) is 0. The van der Waals surface area contributed by atoms with Crippen LogP contribution in [-0.2, 0) is 66.7 Å². The van der Waals surface area contributed by atoms with Gasteiger partial charge >= 0.3 is 41.6 Å². The zero-order valence-corrected chi connectivity index (χ0v) is 22.5. The zero-order chi connectivity index (χ0) is 29.4. The van der Waals surface area contributed by atoms with E-state index in [1.54, 1.807) is 0 Å². The van der Waals surface area contributed by atoms with E-state index in [1.165, 1.54) is 14.0 Å². The lowest BCUT2D eigenvalue weighted by Gasteiger charge is -2.50. The summed E-state index contributed by atoms with van der Waals surface area (Å²) in [6.07, 6.45) is -6.93. The van der Waals surface area contributed by atoms with Crippen LogP contribution in [0.5, 0.6) is 0 Å². The van der Waals surface area contributed by atoms with Crippen LogP contribution >= 0.6 is 0 Å². The SMILES string of the molecule is COC(=O)C1(OC(C)=O)C[C@@H](OC(C)=O)[C@@H](N(C)C(C)=O)[C@H]([C@H](OC(C)=O)[C@@H](COC(C)=O)OC(C)=O)O1. The normalized spacial score (nSPS) is 24.1. The molecular weight excluding hydrogens is 514 g/mol. The van der Waals surface area contributed by atoms with Crippen LogP contribution in [0, 0.1) is 0 Å². The summed E-state index contributed by atoms with van der Waals surface area (Å²) >= 11 is 0. The molecule has 1 aliphatic heterocycles. The molecule has 1 aliphatic rings. The number of carbonyl (C=O) groups is 7. The van der Waals surface area contributed by atoms with Gasteiger partial charge in [-0.3, -0.25) is 28.8 Å². The first-order valence-electron chi connectivity index (χ1n) is 11.4.